The first-order valence-electron chi connectivity index (χ1n) is 7.51. The van der Waals surface area contributed by atoms with Gasteiger partial charge in [0.15, 0.2) is 0 Å². The molecule has 1 aliphatic heterocycles. The Morgan fingerprint density at radius 2 is 1.95 bits per heavy atom. The molecule has 0 saturated carbocycles. The second-order valence-electron chi connectivity index (χ2n) is 5.98. The minimum atomic E-state index is 0.135. The third-order valence-electron chi connectivity index (χ3n) is 4.10. The number of nitriles is 1. The molecule has 1 amide bonds. The van der Waals surface area contributed by atoms with E-state index in [4.69, 9.17) is 5.26 Å². The molecule has 1 fully saturated rings. The van der Waals surface area contributed by atoms with E-state index >= 15 is 0 Å². The molecule has 20 heavy (non-hydrogen) atoms. The van der Waals surface area contributed by atoms with Crippen LogP contribution in [0.25, 0.3) is 0 Å². The Bertz CT molecular complexity index is 331. The Morgan fingerprint density at radius 1 is 1.30 bits per heavy atom. The quantitative estimate of drug-likeness (QED) is 0.699. The van der Waals surface area contributed by atoms with Crippen molar-refractivity contribution in [2.24, 2.45) is 5.92 Å². The summed E-state index contributed by atoms with van der Waals surface area (Å²) in [5.41, 5.74) is 0. The Labute approximate surface area is 123 Å². The third-order valence-corrected chi connectivity index (χ3v) is 4.10. The molecule has 0 aromatic carbocycles. The second kappa shape index (κ2) is 8.93. The molecule has 5 nitrogen and oxygen atoms in total. The fourth-order valence-electron chi connectivity index (χ4n) is 2.60. The standard InChI is InChI=1S/C15H28N4O/c1-17-10-5-14(6-11-17)13-18(2)12-7-15(20)19(3)9-4-8-16/h14H,4-7,9-13H2,1-3H3. The van der Waals surface area contributed by atoms with Gasteiger partial charge < -0.3 is 14.7 Å². The van der Waals surface area contributed by atoms with Crippen molar-refractivity contribution in [3.63, 3.8) is 0 Å². The second-order valence-corrected chi connectivity index (χ2v) is 5.98. The summed E-state index contributed by atoms with van der Waals surface area (Å²) >= 11 is 0. The molecule has 1 heterocycles. The maximum absolute atomic E-state index is 11.9. The van der Waals surface area contributed by atoms with Crippen LogP contribution in [0.1, 0.15) is 25.7 Å². The molecule has 1 rings (SSSR count). The number of carbonyl (C=O) groups is 1. The van der Waals surface area contributed by atoms with Gasteiger partial charge in [-0.05, 0) is 45.9 Å². The lowest BCUT2D eigenvalue weighted by Gasteiger charge is -2.31. The summed E-state index contributed by atoms with van der Waals surface area (Å²) in [7, 11) is 6.05. The molecule has 0 N–H and O–H groups in total. The first-order chi connectivity index (χ1) is 9.52. The molecule has 1 aliphatic rings. The van der Waals surface area contributed by atoms with E-state index in [0.717, 1.165) is 19.0 Å². The van der Waals surface area contributed by atoms with E-state index < -0.39 is 0 Å². The van der Waals surface area contributed by atoms with Crippen molar-refractivity contribution in [2.75, 3.05) is 53.9 Å². The molecule has 0 aromatic heterocycles. The Kier molecular flexibility index (Phi) is 7.56. The van der Waals surface area contributed by atoms with Crippen molar-refractivity contribution in [1.82, 2.24) is 14.7 Å². The Balaban J connectivity index is 2.17. The smallest absolute Gasteiger partial charge is 0.223 e. The van der Waals surface area contributed by atoms with Crippen LogP contribution in [0.2, 0.25) is 0 Å². The number of rotatable bonds is 7. The highest BCUT2D eigenvalue weighted by molar-refractivity contribution is 5.76. The molecule has 0 aliphatic carbocycles. The van der Waals surface area contributed by atoms with Gasteiger partial charge in [-0.25, -0.2) is 0 Å². The highest BCUT2D eigenvalue weighted by atomic mass is 16.2. The highest BCUT2D eigenvalue weighted by Gasteiger charge is 2.18. The van der Waals surface area contributed by atoms with E-state index in [1.807, 2.05) is 0 Å². The zero-order valence-electron chi connectivity index (χ0n) is 13.1. The Morgan fingerprint density at radius 3 is 2.55 bits per heavy atom. The molecule has 5 heteroatoms. The lowest BCUT2D eigenvalue weighted by atomic mass is 9.96. The number of likely N-dealkylation sites (tertiary alicyclic amines) is 1. The van der Waals surface area contributed by atoms with Gasteiger partial charge in [-0.1, -0.05) is 0 Å². The van der Waals surface area contributed by atoms with Crippen molar-refractivity contribution >= 4 is 5.91 Å². The first-order valence-corrected chi connectivity index (χ1v) is 7.51. The number of piperidine rings is 1. The van der Waals surface area contributed by atoms with Crippen molar-refractivity contribution in [1.29, 1.82) is 5.26 Å². The summed E-state index contributed by atoms with van der Waals surface area (Å²) in [4.78, 5) is 18.2. The fourth-order valence-corrected chi connectivity index (χ4v) is 2.60. The molecule has 0 atom stereocenters. The minimum Gasteiger partial charge on any atom is -0.345 e. The summed E-state index contributed by atoms with van der Waals surface area (Å²) < 4.78 is 0. The Hall–Kier alpha value is -1.12. The van der Waals surface area contributed by atoms with Crippen molar-refractivity contribution in [3.8, 4) is 6.07 Å². The molecule has 114 valence electrons. The van der Waals surface area contributed by atoms with Crippen LogP contribution >= 0.6 is 0 Å². The van der Waals surface area contributed by atoms with E-state index in [9.17, 15) is 4.79 Å². The average Bonchev–Trinajstić information content (AvgIpc) is 2.44. The minimum absolute atomic E-state index is 0.135. The van der Waals surface area contributed by atoms with E-state index in [-0.39, 0.29) is 5.91 Å². The van der Waals surface area contributed by atoms with Crippen LogP contribution in [0.4, 0.5) is 0 Å². The van der Waals surface area contributed by atoms with Crippen LogP contribution < -0.4 is 0 Å². The molecule has 0 unspecified atom stereocenters. The zero-order chi connectivity index (χ0) is 15.0. The van der Waals surface area contributed by atoms with Crippen molar-refractivity contribution in [3.05, 3.63) is 0 Å². The van der Waals surface area contributed by atoms with Crippen LogP contribution in [-0.4, -0.2) is 74.5 Å². The van der Waals surface area contributed by atoms with Crippen molar-refractivity contribution < 1.29 is 4.79 Å². The molecular weight excluding hydrogens is 252 g/mol. The monoisotopic (exact) mass is 280 g/mol. The van der Waals surface area contributed by atoms with Gasteiger partial charge >= 0.3 is 0 Å². The lowest BCUT2D eigenvalue weighted by molar-refractivity contribution is -0.130. The summed E-state index contributed by atoms with van der Waals surface area (Å²) in [6, 6.07) is 2.07. The largest absolute Gasteiger partial charge is 0.345 e. The third kappa shape index (κ3) is 6.36. The van der Waals surface area contributed by atoms with E-state index in [1.54, 1.807) is 11.9 Å². The summed E-state index contributed by atoms with van der Waals surface area (Å²) in [6.45, 7) is 4.81. The van der Waals surface area contributed by atoms with Crippen LogP contribution in [-0.2, 0) is 4.79 Å². The fraction of sp³-hybridized carbons (Fsp3) is 0.867. The predicted octanol–water partition coefficient (Wildman–Crippen LogP) is 1.02. The summed E-state index contributed by atoms with van der Waals surface area (Å²) in [6.07, 6.45) is 3.48. The number of hydrogen-bond donors (Lipinski definition) is 0. The van der Waals surface area contributed by atoms with Crippen LogP contribution in [0.15, 0.2) is 0 Å². The summed E-state index contributed by atoms with van der Waals surface area (Å²) in [5, 5.41) is 8.52. The molecule has 0 aromatic rings. The first kappa shape index (κ1) is 16.9. The van der Waals surface area contributed by atoms with Crippen molar-refractivity contribution in [2.45, 2.75) is 25.7 Å². The van der Waals surface area contributed by atoms with Gasteiger partial charge in [-0.2, -0.15) is 5.26 Å². The van der Waals surface area contributed by atoms with Crippen LogP contribution in [0, 0.1) is 17.2 Å². The molecule has 0 radical (unpaired) electrons. The highest BCUT2D eigenvalue weighted by Crippen LogP contribution is 2.16. The number of hydrogen-bond acceptors (Lipinski definition) is 4. The number of amides is 1. The predicted molar refractivity (Wildman–Crippen MR) is 80.2 cm³/mol. The van der Waals surface area contributed by atoms with Gasteiger partial charge in [0.25, 0.3) is 0 Å². The lowest BCUT2D eigenvalue weighted by Crippen LogP contribution is -2.37. The zero-order valence-corrected chi connectivity index (χ0v) is 13.1. The normalized spacial score (nSPS) is 17.1. The summed E-state index contributed by atoms with van der Waals surface area (Å²) in [5.74, 6) is 0.901. The van der Waals surface area contributed by atoms with Gasteiger partial charge in [0.1, 0.15) is 0 Å². The maximum atomic E-state index is 11.9. The topological polar surface area (TPSA) is 50.6 Å². The van der Waals surface area contributed by atoms with E-state index in [2.05, 4.69) is 30.0 Å². The molecule has 0 spiro atoms. The average molecular weight is 280 g/mol. The SMILES string of the molecule is CN1CCC(CN(C)CCC(=O)N(C)CCC#N)CC1. The van der Waals surface area contributed by atoms with Gasteiger partial charge in [-0.3, -0.25) is 4.79 Å². The van der Waals surface area contributed by atoms with Crippen LogP contribution in [0.3, 0.4) is 0 Å². The maximum Gasteiger partial charge on any atom is 0.223 e. The van der Waals surface area contributed by atoms with E-state index in [1.165, 1.54) is 25.9 Å². The molecule has 0 bridgehead atoms. The van der Waals surface area contributed by atoms with Gasteiger partial charge in [0.2, 0.25) is 5.91 Å². The van der Waals surface area contributed by atoms with Gasteiger partial charge in [-0.15, -0.1) is 0 Å². The van der Waals surface area contributed by atoms with Crippen LogP contribution in [0.5, 0.6) is 0 Å². The van der Waals surface area contributed by atoms with E-state index in [0.29, 0.717) is 19.4 Å². The number of carbonyl (C=O) groups excluding carboxylic acids is 1. The number of nitrogens with zero attached hydrogens (tertiary/aromatic N) is 4. The molecule has 1 saturated heterocycles. The van der Waals surface area contributed by atoms with Gasteiger partial charge in [0, 0.05) is 33.1 Å². The van der Waals surface area contributed by atoms with Gasteiger partial charge in [0.05, 0.1) is 12.5 Å². The molecular formula is C15H28N4O.